The Kier molecular flexibility index (Phi) is 4.95. The van der Waals surface area contributed by atoms with Gasteiger partial charge in [0.15, 0.2) is 0 Å². The molecule has 0 unspecified atom stereocenters. The predicted molar refractivity (Wildman–Crippen MR) is 83.3 cm³/mol. The smallest absolute Gasteiger partial charge is 0.246 e. The average Bonchev–Trinajstić information content (AvgIpc) is 2.53. The quantitative estimate of drug-likeness (QED) is 0.861. The molecule has 0 aromatic heterocycles. The number of nitrogens with zero attached hydrogens (tertiary/aromatic N) is 2. The monoisotopic (exact) mass is 297 g/mol. The highest BCUT2D eigenvalue weighted by Crippen LogP contribution is 2.22. The number of rotatable bonds is 3. The number of hydrogen-bond donors (Lipinski definition) is 1. The third kappa shape index (κ3) is 3.53. The second-order valence-corrected chi connectivity index (χ2v) is 5.55. The molecule has 22 heavy (non-hydrogen) atoms. The average molecular weight is 297 g/mol. The van der Waals surface area contributed by atoms with Crippen molar-refractivity contribution in [3.63, 3.8) is 0 Å². The van der Waals surface area contributed by atoms with Gasteiger partial charge in [-0.1, -0.05) is 18.2 Å². The van der Waals surface area contributed by atoms with Crippen LogP contribution < -0.4 is 5.73 Å². The number of carbonyl (C=O) groups is 2. The molecule has 2 amide bonds. The van der Waals surface area contributed by atoms with E-state index < -0.39 is 0 Å². The lowest BCUT2D eigenvalue weighted by Gasteiger charge is -2.36. The summed E-state index contributed by atoms with van der Waals surface area (Å²) in [4.78, 5) is 25.3. The van der Waals surface area contributed by atoms with Crippen molar-refractivity contribution in [3.05, 3.63) is 41.5 Å². The van der Waals surface area contributed by atoms with Crippen LogP contribution in [0.15, 0.2) is 30.3 Å². The van der Waals surface area contributed by atoms with Gasteiger partial charge in [0, 0.05) is 18.7 Å². The minimum atomic E-state index is -0.358. The molecule has 1 fully saturated rings. The normalized spacial score (nSPS) is 21.5. The molecular formula is C17H19N3O2. The number of piperidine rings is 1. The molecule has 0 radical (unpaired) electrons. The zero-order chi connectivity index (χ0) is 16.1. The van der Waals surface area contributed by atoms with Crippen LogP contribution in [0.2, 0.25) is 0 Å². The van der Waals surface area contributed by atoms with Crippen LogP contribution in [0, 0.1) is 17.2 Å². The molecule has 2 N–H and O–H groups in total. The van der Waals surface area contributed by atoms with E-state index in [0.717, 1.165) is 12.8 Å². The topological polar surface area (TPSA) is 87.2 Å². The van der Waals surface area contributed by atoms with Crippen LogP contribution in [0.3, 0.4) is 0 Å². The van der Waals surface area contributed by atoms with Gasteiger partial charge in [-0.05, 0) is 37.5 Å². The van der Waals surface area contributed by atoms with Crippen molar-refractivity contribution >= 4 is 17.9 Å². The largest absolute Gasteiger partial charge is 0.369 e. The van der Waals surface area contributed by atoms with Crippen molar-refractivity contribution in [1.82, 2.24) is 4.90 Å². The fourth-order valence-electron chi connectivity index (χ4n) is 2.65. The maximum absolute atomic E-state index is 12.4. The first-order chi connectivity index (χ1) is 10.5. The molecule has 0 saturated carbocycles. The summed E-state index contributed by atoms with van der Waals surface area (Å²) < 4.78 is 0. The summed E-state index contributed by atoms with van der Waals surface area (Å²) in [5.41, 5.74) is 6.57. The van der Waals surface area contributed by atoms with E-state index in [0.29, 0.717) is 17.7 Å². The van der Waals surface area contributed by atoms with Crippen molar-refractivity contribution in [2.75, 3.05) is 6.54 Å². The molecule has 1 aliphatic heterocycles. The zero-order valence-corrected chi connectivity index (χ0v) is 12.5. The molecule has 5 nitrogen and oxygen atoms in total. The van der Waals surface area contributed by atoms with E-state index in [1.807, 2.05) is 13.0 Å². The Balaban J connectivity index is 2.12. The van der Waals surface area contributed by atoms with Gasteiger partial charge in [0.2, 0.25) is 11.8 Å². The molecule has 1 saturated heterocycles. The Morgan fingerprint density at radius 3 is 2.77 bits per heavy atom. The van der Waals surface area contributed by atoms with E-state index in [2.05, 4.69) is 6.07 Å². The second-order valence-electron chi connectivity index (χ2n) is 5.55. The standard InChI is InChI=1S/C17H19N3O2/c1-12-6-7-15(17(19)22)11-20(12)16(21)9-8-13-4-2-3-5-14(13)10-18/h2-5,8-9,12,15H,6-7,11H2,1H3,(H2,19,22)/b9-8+/t12-,15-/m1/s1. The lowest BCUT2D eigenvalue weighted by molar-refractivity contribution is -0.133. The molecule has 2 atom stereocenters. The van der Waals surface area contributed by atoms with Gasteiger partial charge in [-0.3, -0.25) is 9.59 Å². The van der Waals surface area contributed by atoms with Gasteiger partial charge >= 0.3 is 0 Å². The van der Waals surface area contributed by atoms with Crippen molar-refractivity contribution in [1.29, 1.82) is 5.26 Å². The maximum Gasteiger partial charge on any atom is 0.246 e. The molecule has 0 aliphatic carbocycles. The zero-order valence-electron chi connectivity index (χ0n) is 12.5. The van der Waals surface area contributed by atoms with Crippen molar-refractivity contribution in [3.8, 4) is 6.07 Å². The minimum absolute atomic E-state index is 0.0824. The first kappa shape index (κ1) is 15.8. The predicted octanol–water partition coefficient (Wildman–Crippen LogP) is 1.68. The van der Waals surface area contributed by atoms with Crippen LogP contribution in [0.25, 0.3) is 6.08 Å². The molecule has 1 aliphatic rings. The van der Waals surface area contributed by atoms with E-state index in [4.69, 9.17) is 11.0 Å². The SMILES string of the molecule is C[C@@H]1CC[C@@H](C(N)=O)CN1C(=O)/C=C/c1ccccc1C#N. The van der Waals surface area contributed by atoms with Crippen LogP contribution in [-0.2, 0) is 9.59 Å². The number of amides is 2. The van der Waals surface area contributed by atoms with Crippen LogP contribution in [0.4, 0.5) is 0 Å². The van der Waals surface area contributed by atoms with Gasteiger partial charge in [0.1, 0.15) is 0 Å². The van der Waals surface area contributed by atoms with Crippen LogP contribution >= 0.6 is 0 Å². The number of benzene rings is 1. The van der Waals surface area contributed by atoms with Crippen LogP contribution in [0.5, 0.6) is 0 Å². The summed E-state index contributed by atoms with van der Waals surface area (Å²) in [5, 5.41) is 9.04. The molecule has 0 spiro atoms. The van der Waals surface area contributed by atoms with E-state index in [-0.39, 0.29) is 23.8 Å². The van der Waals surface area contributed by atoms with Crippen molar-refractivity contribution in [2.24, 2.45) is 11.7 Å². The number of likely N-dealkylation sites (tertiary alicyclic amines) is 1. The van der Waals surface area contributed by atoms with Crippen molar-refractivity contribution in [2.45, 2.75) is 25.8 Å². The van der Waals surface area contributed by atoms with E-state index in [1.165, 1.54) is 6.08 Å². The summed E-state index contributed by atoms with van der Waals surface area (Å²) in [6.45, 7) is 2.33. The van der Waals surface area contributed by atoms with Gasteiger partial charge in [0.05, 0.1) is 17.6 Å². The maximum atomic E-state index is 12.4. The Morgan fingerprint density at radius 2 is 2.09 bits per heavy atom. The van der Waals surface area contributed by atoms with Gasteiger partial charge in [-0.2, -0.15) is 5.26 Å². The minimum Gasteiger partial charge on any atom is -0.369 e. The molecule has 1 aromatic carbocycles. The Morgan fingerprint density at radius 1 is 1.36 bits per heavy atom. The van der Waals surface area contributed by atoms with Gasteiger partial charge in [0.25, 0.3) is 0 Å². The molecule has 5 heteroatoms. The third-order valence-electron chi connectivity index (χ3n) is 4.05. The van der Waals surface area contributed by atoms with Crippen LogP contribution in [0.1, 0.15) is 30.9 Å². The molecular weight excluding hydrogens is 278 g/mol. The molecule has 1 aromatic rings. The highest BCUT2D eigenvalue weighted by atomic mass is 16.2. The Labute approximate surface area is 130 Å². The summed E-state index contributed by atoms with van der Waals surface area (Å²) in [7, 11) is 0. The fourth-order valence-corrected chi connectivity index (χ4v) is 2.65. The number of nitrogens with two attached hydrogens (primary N) is 1. The van der Waals surface area contributed by atoms with E-state index >= 15 is 0 Å². The number of carbonyl (C=O) groups excluding carboxylic acids is 2. The first-order valence-corrected chi connectivity index (χ1v) is 7.30. The number of nitriles is 1. The van der Waals surface area contributed by atoms with Crippen molar-refractivity contribution < 1.29 is 9.59 Å². The molecule has 114 valence electrons. The summed E-state index contributed by atoms with van der Waals surface area (Å²) in [6.07, 6.45) is 4.58. The number of primary amides is 1. The highest BCUT2D eigenvalue weighted by molar-refractivity contribution is 5.93. The summed E-state index contributed by atoms with van der Waals surface area (Å²) >= 11 is 0. The van der Waals surface area contributed by atoms with Gasteiger partial charge in [-0.25, -0.2) is 0 Å². The summed E-state index contributed by atoms with van der Waals surface area (Å²) in [5.74, 6) is -0.797. The molecule has 2 rings (SSSR count). The second kappa shape index (κ2) is 6.90. The summed E-state index contributed by atoms with van der Waals surface area (Å²) in [6, 6.07) is 9.26. The Bertz CT molecular complexity index is 646. The lowest BCUT2D eigenvalue weighted by atomic mass is 9.93. The molecule has 1 heterocycles. The van der Waals surface area contributed by atoms with Gasteiger partial charge < -0.3 is 10.6 Å². The fraction of sp³-hybridized carbons (Fsp3) is 0.353. The first-order valence-electron chi connectivity index (χ1n) is 7.30. The van der Waals surface area contributed by atoms with Gasteiger partial charge in [-0.15, -0.1) is 0 Å². The number of hydrogen-bond acceptors (Lipinski definition) is 3. The van der Waals surface area contributed by atoms with E-state index in [9.17, 15) is 9.59 Å². The third-order valence-corrected chi connectivity index (χ3v) is 4.05. The Hall–Kier alpha value is -2.61. The van der Waals surface area contributed by atoms with E-state index in [1.54, 1.807) is 29.2 Å². The highest BCUT2D eigenvalue weighted by Gasteiger charge is 2.30. The van der Waals surface area contributed by atoms with Crippen LogP contribution in [-0.4, -0.2) is 29.3 Å². The lowest BCUT2D eigenvalue weighted by Crippen LogP contribution is -2.48. The molecule has 0 bridgehead atoms.